The van der Waals surface area contributed by atoms with Crippen LogP contribution in [0.5, 0.6) is 5.75 Å². The summed E-state index contributed by atoms with van der Waals surface area (Å²) in [4.78, 5) is 52.7. The second-order valence-electron chi connectivity index (χ2n) is 10.1. The molecule has 0 saturated heterocycles. The number of carbonyl (C=O) groups is 4. The molecule has 0 spiro atoms. The monoisotopic (exact) mass is 518 g/mol. The van der Waals surface area contributed by atoms with Crippen LogP contribution in [0.15, 0.2) is 30.9 Å². The predicted octanol–water partition coefficient (Wildman–Crippen LogP) is 3.22. The molecule has 0 fully saturated rings. The third-order valence-electron chi connectivity index (χ3n) is 5.51. The van der Waals surface area contributed by atoms with E-state index in [-0.39, 0.29) is 36.7 Å². The smallest absolute Gasteiger partial charge is 0.408 e. The highest BCUT2D eigenvalue weighted by atomic mass is 16.6. The third kappa shape index (κ3) is 10.1. The Morgan fingerprint density at radius 3 is 2.38 bits per heavy atom. The number of hydrogen-bond acceptors (Lipinski definition) is 6. The van der Waals surface area contributed by atoms with Gasteiger partial charge in [0, 0.05) is 24.6 Å². The summed E-state index contributed by atoms with van der Waals surface area (Å²) in [5, 5.41) is 16.3. The van der Waals surface area contributed by atoms with Crippen LogP contribution in [0.1, 0.15) is 77.5 Å². The fourth-order valence-electron chi connectivity index (χ4n) is 3.84. The summed E-state index contributed by atoms with van der Waals surface area (Å²) in [5.41, 5.74) is 5.23. The van der Waals surface area contributed by atoms with Crippen molar-refractivity contribution in [1.29, 1.82) is 0 Å². The number of aromatic hydroxyl groups is 1. The third-order valence-corrected chi connectivity index (χ3v) is 5.51. The number of phenols is 1. The van der Waals surface area contributed by atoms with Gasteiger partial charge >= 0.3 is 6.09 Å². The Balaban J connectivity index is 3.54. The molecule has 1 aromatic rings. The Kier molecular flexibility index (Phi) is 12.1. The van der Waals surface area contributed by atoms with Crippen molar-refractivity contribution in [2.24, 2.45) is 5.73 Å². The van der Waals surface area contributed by atoms with Crippen LogP contribution >= 0.6 is 0 Å². The molecule has 3 atom stereocenters. The van der Waals surface area contributed by atoms with E-state index in [1.54, 1.807) is 45.9 Å². The molecule has 206 valence electrons. The van der Waals surface area contributed by atoms with Crippen LogP contribution in [-0.4, -0.2) is 58.1 Å². The number of nitrogens with one attached hydrogen (secondary N) is 2. The Morgan fingerprint density at radius 2 is 1.84 bits per heavy atom. The van der Waals surface area contributed by atoms with Crippen LogP contribution < -0.4 is 16.4 Å². The molecule has 1 rings (SSSR count). The summed E-state index contributed by atoms with van der Waals surface area (Å²) in [6, 6.07) is 2.30. The summed E-state index contributed by atoms with van der Waals surface area (Å²) in [5.74, 6) is -1.93. The van der Waals surface area contributed by atoms with Crippen molar-refractivity contribution >= 4 is 23.8 Å². The zero-order valence-corrected chi connectivity index (χ0v) is 22.8. The molecule has 10 heteroatoms. The summed E-state index contributed by atoms with van der Waals surface area (Å²) >= 11 is 0. The van der Waals surface area contributed by atoms with Crippen molar-refractivity contribution in [3.05, 3.63) is 42.0 Å². The van der Waals surface area contributed by atoms with Crippen molar-refractivity contribution in [2.45, 2.75) is 91.0 Å². The van der Waals surface area contributed by atoms with E-state index in [4.69, 9.17) is 10.5 Å². The highest BCUT2D eigenvalue weighted by Crippen LogP contribution is 2.32. The summed E-state index contributed by atoms with van der Waals surface area (Å²) in [6.45, 7) is 14.2. The minimum absolute atomic E-state index is 0.0739. The number of para-hydroxylation sites is 1. The van der Waals surface area contributed by atoms with Crippen LogP contribution in [0.2, 0.25) is 0 Å². The summed E-state index contributed by atoms with van der Waals surface area (Å²) in [7, 11) is 0. The first-order valence-corrected chi connectivity index (χ1v) is 12.5. The Bertz CT molecular complexity index is 972. The quantitative estimate of drug-likeness (QED) is 0.294. The molecule has 0 bridgehead atoms. The number of aryl methyl sites for hydroxylation is 1. The van der Waals surface area contributed by atoms with Gasteiger partial charge in [-0.1, -0.05) is 37.6 Å². The van der Waals surface area contributed by atoms with E-state index in [1.807, 2.05) is 13.8 Å². The molecule has 3 unspecified atom stereocenters. The van der Waals surface area contributed by atoms with Crippen LogP contribution in [0.25, 0.3) is 0 Å². The van der Waals surface area contributed by atoms with Gasteiger partial charge in [0.25, 0.3) is 0 Å². The molecule has 0 aliphatic rings. The average Bonchev–Trinajstić information content (AvgIpc) is 2.77. The van der Waals surface area contributed by atoms with Crippen molar-refractivity contribution in [3.8, 4) is 5.75 Å². The van der Waals surface area contributed by atoms with Gasteiger partial charge in [-0.05, 0) is 53.0 Å². The first-order valence-electron chi connectivity index (χ1n) is 12.5. The number of ether oxygens (including phenoxy) is 1. The summed E-state index contributed by atoms with van der Waals surface area (Å²) in [6.07, 6.45) is 1.85. The SMILES string of the molecule is C=CCN(C(=O)C(CCC(N)=O)NC(=O)OC(C)(C)C)C(C(=O)NC(C)CCC)c1cccc(C)c1O. The molecule has 5 N–H and O–H groups in total. The molecule has 0 radical (unpaired) electrons. The van der Waals surface area contributed by atoms with Gasteiger partial charge in [-0.15, -0.1) is 6.58 Å². The molecular weight excluding hydrogens is 476 g/mol. The fraction of sp³-hybridized carbons (Fsp3) is 0.556. The van der Waals surface area contributed by atoms with E-state index >= 15 is 0 Å². The van der Waals surface area contributed by atoms with Gasteiger partial charge in [0.1, 0.15) is 23.4 Å². The minimum Gasteiger partial charge on any atom is -0.507 e. The predicted molar refractivity (Wildman–Crippen MR) is 142 cm³/mol. The number of alkyl carbamates (subject to hydrolysis) is 1. The molecule has 10 nitrogen and oxygen atoms in total. The topological polar surface area (TPSA) is 151 Å². The van der Waals surface area contributed by atoms with Crippen LogP contribution in [0.3, 0.4) is 0 Å². The Hall–Kier alpha value is -3.56. The van der Waals surface area contributed by atoms with Crippen molar-refractivity contribution in [2.75, 3.05) is 6.54 Å². The lowest BCUT2D eigenvalue weighted by molar-refractivity contribution is -0.142. The molecule has 37 heavy (non-hydrogen) atoms. The lowest BCUT2D eigenvalue weighted by atomic mass is 9.98. The first kappa shape index (κ1) is 31.5. The standard InChI is InChI=1S/C27H42N4O6/c1-8-11-18(4)29-24(34)22(19-13-10-12-17(3)23(19)33)31(16-9-2)25(35)20(14-15-21(28)32)30-26(36)37-27(5,6)7/h9-10,12-13,18,20,22,33H,2,8,11,14-16H2,1,3-7H3,(H2,28,32)(H,29,34)(H,30,36). The number of nitrogens with two attached hydrogens (primary N) is 1. The molecule has 0 aliphatic carbocycles. The Morgan fingerprint density at radius 1 is 1.19 bits per heavy atom. The van der Waals surface area contributed by atoms with Crippen molar-refractivity contribution in [3.63, 3.8) is 0 Å². The lowest BCUT2D eigenvalue weighted by Crippen LogP contribution is -2.53. The van der Waals surface area contributed by atoms with E-state index in [0.29, 0.717) is 5.56 Å². The zero-order valence-electron chi connectivity index (χ0n) is 22.8. The van der Waals surface area contributed by atoms with Crippen LogP contribution in [-0.2, 0) is 19.1 Å². The maximum Gasteiger partial charge on any atom is 0.408 e. The van der Waals surface area contributed by atoms with Gasteiger partial charge in [0.15, 0.2) is 0 Å². The molecule has 1 aromatic carbocycles. The fourth-order valence-corrected chi connectivity index (χ4v) is 3.84. The van der Waals surface area contributed by atoms with Gasteiger partial charge in [0.2, 0.25) is 17.7 Å². The molecular formula is C27H42N4O6. The molecule has 0 heterocycles. The highest BCUT2D eigenvalue weighted by molar-refractivity contribution is 5.93. The van der Waals surface area contributed by atoms with E-state index in [2.05, 4.69) is 17.2 Å². The maximum absolute atomic E-state index is 13.9. The first-order chi connectivity index (χ1) is 17.2. The van der Waals surface area contributed by atoms with Crippen LogP contribution in [0.4, 0.5) is 4.79 Å². The second kappa shape index (κ2) is 14.2. The van der Waals surface area contributed by atoms with E-state index in [9.17, 15) is 24.3 Å². The minimum atomic E-state index is -1.23. The van der Waals surface area contributed by atoms with Crippen molar-refractivity contribution in [1.82, 2.24) is 15.5 Å². The lowest BCUT2D eigenvalue weighted by Gasteiger charge is -2.34. The Labute approximate surface area is 219 Å². The number of amides is 4. The van der Waals surface area contributed by atoms with Gasteiger partial charge < -0.3 is 31.1 Å². The van der Waals surface area contributed by atoms with E-state index < -0.39 is 41.5 Å². The number of phenolic OH excluding ortho intramolecular Hbond substituents is 1. The average molecular weight is 519 g/mol. The highest BCUT2D eigenvalue weighted by Gasteiger charge is 2.37. The van der Waals surface area contributed by atoms with Crippen molar-refractivity contribution < 1.29 is 29.0 Å². The molecule has 0 aliphatic heterocycles. The number of carbonyl (C=O) groups excluding carboxylic acids is 4. The number of benzene rings is 1. The number of hydrogen-bond donors (Lipinski definition) is 4. The summed E-state index contributed by atoms with van der Waals surface area (Å²) < 4.78 is 5.30. The largest absolute Gasteiger partial charge is 0.507 e. The second-order valence-corrected chi connectivity index (χ2v) is 10.1. The number of nitrogens with zero attached hydrogens (tertiary/aromatic N) is 1. The van der Waals surface area contributed by atoms with E-state index in [1.165, 1.54) is 11.0 Å². The molecule has 4 amide bonds. The van der Waals surface area contributed by atoms with Gasteiger partial charge in [-0.25, -0.2) is 4.79 Å². The molecule has 0 saturated carbocycles. The zero-order chi connectivity index (χ0) is 28.3. The maximum atomic E-state index is 13.9. The van der Waals surface area contributed by atoms with Gasteiger partial charge in [-0.2, -0.15) is 0 Å². The number of rotatable bonds is 13. The van der Waals surface area contributed by atoms with Gasteiger partial charge in [0.05, 0.1) is 0 Å². The number of primary amides is 1. The van der Waals surface area contributed by atoms with E-state index in [0.717, 1.165) is 12.8 Å². The van der Waals surface area contributed by atoms with Crippen LogP contribution in [0, 0.1) is 6.92 Å². The molecule has 0 aromatic heterocycles. The normalized spacial score (nSPS) is 13.6. The van der Waals surface area contributed by atoms with Gasteiger partial charge in [-0.3, -0.25) is 14.4 Å².